The number of pyridine rings is 1. The van der Waals surface area contributed by atoms with Gasteiger partial charge in [0.05, 0.1) is 6.20 Å². The van der Waals surface area contributed by atoms with E-state index in [-0.39, 0.29) is 5.82 Å². The third kappa shape index (κ3) is 1.75. The molecule has 4 nitrogen and oxygen atoms in total. The Labute approximate surface area is 97.1 Å². The molecule has 0 amide bonds. The number of azo groups is 1. The molecule has 17 heavy (non-hydrogen) atoms. The van der Waals surface area contributed by atoms with Crippen LogP contribution in [0, 0.1) is 5.82 Å². The van der Waals surface area contributed by atoms with E-state index in [4.69, 9.17) is 0 Å². The predicted molar refractivity (Wildman–Crippen MR) is 63.0 cm³/mol. The van der Waals surface area contributed by atoms with E-state index in [0.29, 0.717) is 18.0 Å². The van der Waals surface area contributed by atoms with Crippen LogP contribution in [0.3, 0.4) is 0 Å². The van der Waals surface area contributed by atoms with Crippen LogP contribution in [0.5, 0.6) is 0 Å². The van der Waals surface area contributed by atoms with Crippen LogP contribution in [0.4, 0.5) is 10.2 Å². The van der Waals surface area contributed by atoms with Crippen molar-refractivity contribution in [1.29, 1.82) is 0 Å². The van der Waals surface area contributed by atoms with Crippen LogP contribution in [0.25, 0.3) is 10.9 Å². The van der Waals surface area contributed by atoms with Gasteiger partial charge < -0.3 is 4.90 Å². The van der Waals surface area contributed by atoms with Crippen LogP contribution in [-0.4, -0.2) is 11.7 Å². The van der Waals surface area contributed by atoms with Crippen LogP contribution in [0.1, 0.15) is 0 Å². The highest BCUT2D eigenvalue weighted by atomic mass is 19.1. The largest absolute Gasteiger partial charge is 0.309 e. The van der Waals surface area contributed by atoms with Gasteiger partial charge in [0.2, 0.25) is 0 Å². The molecule has 1 aliphatic heterocycles. The van der Waals surface area contributed by atoms with Gasteiger partial charge >= 0.3 is 0 Å². The number of anilines is 1. The van der Waals surface area contributed by atoms with Crippen molar-refractivity contribution in [3.8, 4) is 0 Å². The molecule has 2 aromatic rings. The van der Waals surface area contributed by atoms with Gasteiger partial charge in [-0.3, -0.25) is 0 Å². The highest BCUT2D eigenvalue weighted by Gasteiger charge is 2.09. The molecule has 0 saturated carbocycles. The minimum Gasteiger partial charge on any atom is -0.309 e. The molecule has 0 fully saturated rings. The van der Waals surface area contributed by atoms with Gasteiger partial charge in [0.25, 0.3) is 0 Å². The van der Waals surface area contributed by atoms with E-state index in [1.165, 1.54) is 6.07 Å². The van der Waals surface area contributed by atoms with Gasteiger partial charge in [-0.2, -0.15) is 10.2 Å². The van der Waals surface area contributed by atoms with Crippen molar-refractivity contribution < 1.29 is 4.39 Å². The number of nitrogens with zero attached hydrogens (tertiary/aromatic N) is 4. The molecule has 2 heterocycles. The number of para-hydroxylation sites is 1. The molecule has 0 spiro atoms. The molecule has 5 heteroatoms. The van der Waals surface area contributed by atoms with Crippen LogP contribution >= 0.6 is 0 Å². The molecule has 1 aromatic carbocycles. The first kappa shape index (κ1) is 9.89. The summed E-state index contributed by atoms with van der Waals surface area (Å²) in [6.45, 7) is 0.406. The van der Waals surface area contributed by atoms with Crippen molar-refractivity contribution in [3.63, 3.8) is 0 Å². The Hall–Kier alpha value is -2.30. The van der Waals surface area contributed by atoms with E-state index in [1.807, 2.05) is 18.2 Å². The fourth-order valence-electron chi connectivity index (χ4n) is 1.72. The minimum atomic E-state index is -0.313. The Kier molecular flexibility index (Phi) is 2.29. The van der Waals surface area contributed by atoms with E-state index >= 15 is 0 Å². The normalized spacial score (nSPS) is 14.5. The Balaban J connectivity index is 2.10. The van der Waals surface area contributed by atoms with Crippen molar-refractivity contribution >= 4 is 16.7 Å². The maximum absolute atomic E-state index is 13.6. The lowest BCUT2D eigenvalue weighted by Crippen LogP contribution is -2.18. The van der Waals surface area contributed by atoms with Crippen LogP contribution < -0.4 is 4.90 Å². The van der Waals surface area contributed by atoms with Gasteiger partial charge in [0.15, 0.2) is 0 Å². The average molecular weight is 228 g/mol. The molecule has 0 atom stereocenters. The summed E-state index contributed by atoms with van der Waals surface area (Å²) in [6.07, 6.45) is 3.35. The summed E-state index contributed by atoms with van der Waals surface area (Å²) in [7, 11) is 0. The molecule has 1 aliphatic rings. The molecule has 0 aliphatic carbocycles. The maximum Gasteiger partial charge on any atom is 0.149 e. The first-order valence-corrected chi connectivity index (χ1v) is 5.20. The second-order valence-electron chi connectivity index (χ2n) is 3.65. The Morgan fingerprint density at radius 3 is 2.94 bits per heavy atom. The van der Waals surface area contributed by atoms with Crippen molar-refractivity contribution in [2.24, 2.45) is 10.2 Å². The smallest absolute Gasteiger partial charge is 0.149 e. The number of aromatic nitrogens is 1. The van der Waals surface area contributed by atoms with Crippen LogP contribution in [0.15, 0.2) is 53.0 Å². The lowest BCUT2D eigenvalue weighted by atomic mass is 10.2. The topological polar surface area (TPSA) is 40.9 Å². The number of hydrogen-bond donors (Lipinski definition) is 0. The fraction of sp³-hybridized carbons (Fsp3) is 0.0833. The molecule has 0 radical (unpaired) electrons. The van der Waals surface area contributed by atoms with Crippen molar-refractivity contribution in [2.75, 3.05) is 11.6 Å². The Morgan fingerprint density at radius 2 is 2.12 bits per heavy atom. The zero-order chi connectivity index (χ0) is 11.7. The van der Waals surface area contributed by atoms with Gasteiger partial charge in [-0.15, -0.1) is 0 Å². The Bertz CT molecular complexity index is 621. The van der Waals surface area contributed by atoms with Crippen LogP contribution in [-0.2, 0) is 0 Å². The summed E-state index contributed by atoms with van der Waals surface area (Å²) in [5.41, 5.74) is 0.376. The molecular formula is C12H9FN4. The zero-order valence-corrected chi connectivity index (χ0v) is 8.92. The third-order valence-corrected chi connectivity index (χ3v) is 2.56. The van der Waals surface area contributed by atoms with E-state index in [9.17, 15) is 4.39 Å². The number of halogens is 1. The number of rotatable bonds is 1. The number of benzene rings is 1. The lowest BCUT2D eigenvalue weighted by Gasteiger charge is -2.18. The minimum absolute atomic E-state index is 0.313. The molecule has 1 aromatic heterocycles. The summed E-state index contributed by atoms with van der Waals surface area (Å²) in [5, 5.41) is 8.39. The van der Waals surface area contributed by atoms with E-state index in [2.05, 4.69) is 15.2 Å². The van der Waals surface area contributed by atoms with E-state index in [0.717, 1.165) is 5.39 Å². The number of fused-ring (bicyclic) bond motifs is 1. The summed E-state index contributed by atoms with van der Waals surface area (Å²) >= 11 is 0. The molecule has 3 rings (SSSR count). The molecule has 0 saturated heterocycles. The zero-order valence-electron chi connectivity index (χ0n) is 8.92. The molecular weight excluding hydrogens is 219 g/mol. The van der Waals surface area contributed by atoms with Gasteiger partial charge in [-0.05, 0) is 18.2 Å². The lowest BCUT2D eigenvalue weighted by molar-refractivity contribution is 0.636. The summed E-state index contributed by atoms with van der Waals surface area (Å²) in [5.74, 6) is 0.351. The van der Waals surface area contributed by atoms with Crippen LogP contribution in [0.2, 0.25) is 0 Å². The average Bonchev–Trinajstić information content (AvgIpc) is 2.40. The van der Waals surface area contributed by atoms with Gasteiger partial charge in [0.1, 0.15) is 23.8 Å². The van der Waals surface area contributed by atoms with Crippen molar-refractivity contribution in [2.45, 2.75) is 0 Å². The summed E-state index contributed by atoms with van der Waals surface area (Å²) < 4.78 is 13.6. The number of hydrogen-bond acceptors (Lipinski definition) is 4. The first-order valence-electron chi connectivity index (χ1n) is 5.20. The van der Waals surface area contributed by atoms with Crippen molar-refractivity contribution in [3.05, 3.63) is 48.5 Å². The fourth-order valence-corrected chi connectivity index (χ4v) is 1.72. The van der Waals surface area contributed by atoms with Gasteiger partial charge in [-0.25, -0.2) is 9.37 Å². The van der Waals surface area contributed by atoms with Gasteiger partial charge in [-0.1, -0.05) is 12.1 Å². The predicted octanol–water partition coefficient (Wildman–Crippen LogP) is 3.07. The van der Waals surface area contributed by atoms with E-state index < -0.39 is 0 Å². The molecule has 0 unspecified atom stereocenters. The second kappa shape index (κ2) is 3.93. The molecule has 0 N–H and O–H groups in total. The maximum atomic E-state index is 13.6. The Morgan fingerprint density at radius 1 is 1.18 bits per heavy atom. The first-order chi connectivity index (χ1) is 8.34. The van der Waals surface area contributed by atoms with E-state index in [1.54, 1.807) is 23.4 Å². The molecule has 0 bridgehead atoms. The SMILES string of the molecule is Fc1cccc2ccc(N3C=CN=NC3)nc12. The summed E-state index contributed by atoms with van der Waals surface area (Å²) in [6, 6.07) is 8.60. The monoisotopic (exact) mass is 228 g/mol. The summed E-state index contributed by atoms with van der Waals surface area (Å²) in [4.78, 5) is 6.10. The van der Waals surface area contributed by atoms with Gasteiger partial charge in [0, 0.05) is 11.6 Å². The molecule has 84 valence electrons. The van der Waals surface area contributed by atoms with Crippen molar-refractivity contribution in [1.82, 2.24) is 4.98 Å². The second-order valence-corrected chi connectivity index (χ2v) is 3.65. The third-order valence-electron chi connectivity index (χ3n) is 2.56. The highest BCUT2D eigenvalue weighted by molar-refractivity contribution is 5.81. The standard InChI is InChI=1S/C12H9FN4/c13-10-3-1-2-9-4-5-11(16-12(9)10)17-7-6-14-15-8-17/h1-7H,8H2. The highest BCUT2D eigenvalue weighted by Crippen LogP contribution is 2.21. The quantitative estimate of drug-likeness (QED) is 0.752.